The molecule has 2 saturated carbocycles. The van der Waals surface area contributed by atoms with Crippen molar-refractivity contribution in [3.63, 3.8) is 0 Å². The van der Waals surface area contributed by atoms with Crippen LogP contribution in [0, 0.1) is 23.2 Å². The van der Waals surface area contributed by atoms with E-state index in [9.17, 15) is 4.79 Å². The Hall–Kier alpha value is -0.570. The van der Waals surface area contributed by atoms with E-state index < -0.39 is 0 Å². The Bertz CT molecular complexity index is 336. The minimum absolute atomic E-state index is 0.329. The molecule has 3 rings (SSSR count). The monoisotopic (exact) mass is 264 g/mol. The molecule has 3 aliphatic rings. The highest BCUT2D eigenvalue weighted by atomic mass is 16.2. The van der Waals surface area contributed by atoms with E-state index in [1.807, 2.05) is 0 Å². The third-order valence-electron chi connectivity index (χ3n) is 5.72. The van der Waals surface area contributed by atoms with Crippen LogP contribution in [-0.2, 0) is 4.79 Å². The Balaban J connectivity index is 1.42. The van der Waals surface area contributed by atoms with Gasteiger partial charge in [0.15, 0.2) is 0 Å². The van der Waals surface area contributed by atoms with E-state index in [2.05, 4.69) is 17.6 Å². The Kier molecular flexibility index (Phi) is 3.84. The van der Waals surface area contributed by atoms with E-state index in [1.54, 1.807) is 0 Å². The summed E-state index contributed by atoms with van der Waals surface area (Å²) in [5.41, 5.74) is 0.384. The van der Waals surface area contributed by atoms with Gasteiger partial charge in [-0.15, -0.1) is 0 Å². The van der Waals surface area contributed by atoms with E-state index in [4.69, 9.17) is 0 Å². The molecule has 3 atom stereocenters. The van der Waals surface area contributed by atoms with Crippen LogP contribution in [0.3, 0.4) is 0 Å². The minimum atomic E-state index is 0.329. The van der Waals surface area contributed by atoms with Gasteiger partial charge >= 0.3 is 0 Å². The number of piperidine rings is 1. The lowest BCUT2D eigenvalue weighted by Crippen LogP contribution is -2.36. The fourth-order valence-electron chi connectivity index (χ4n) is 4.31. The van der Waals surface area contributed by atoms with Gasteiger partial charge in [-0.3, -0.25) is 4.79 Å². The first-order valence-electron chi connectivity index (χ1n) is 8.18. The van der Waals surface area contributed by atoms with Crippen LogP contribution < -0.4 is 10.6 Å². The Morgan fingerprint density at radius 1 is 1.32 bits per heavy atom. The maximum atomic E-state index is 12.3. The average molecular weight is 264 g/mol. The highest BCUT2D eigenvalue weighted by Gasteiger charge is 2.57. The lowest BCUT2D eigenvalue weighted by Gasteiger charge is -2.27. The lowest BCUT2D eigenvalue weighted by atomic mass is 9.82. The molecular weight excluding hydrogens is 236 g/mol. The molecule has 3 unspecified atom stereocenters. The molecule has 1 aliphatic heterocycles. The quantitative estimate of drug-likeness (QED) is 0.821. The van der Waals surface area contributed by atoms with E-state index in [0.717, 1.165) is 37.9 Å². The van der Waals surface area contributed by atoms with Gasteiger partial charge in [0.2, 0.25) is 5.91 Å². The molecule has 1 saturated heterocycles. The summed E-state index contributed by atoms with van der Waals surface area (Å²) in [7, 11) is 0. The van der Waals surface area contributed by atoms with Crippen LogP contribution in [-0.4, -0.2) is 25.5 Å². The average Bonchev–Trinajstić information content (AvgIpc) is 3.10. The molecule has 0 aromatic rings. The molecule has 1 spiro atoms. The zero-order chi connectivity index (χ0) is 13.3. The molecular formula is C16H28N2O. The summed E-state index contributed by atoms with van der Waals surface area (Å²) in [5, 5.41) is 6.64. The highest BCUT2D eigenvalue weighted by molar-refractivity contribution is 5.82. The number of hydrogen-bond acceptors (Lipinski definition) is 2. The van der Waals surface area contributed by atoms with Crippen LogP contribution in [0.2, 0.25) is 0 Å². The first-order chi connectivity index (χ1) is 9.20. The minimum Gasteiger partial charge on any atom is -0.356 e. The van der Waals surface area contributed by atoms with Crippen LogP contribution in [0.1, 0.15) is 51.9 Å². The van der Waals surface area contributed by atoms with E-state index in [0.29, 0.717) is 17.2 Å². The van der Waals surface area contributed by atoms with Crippen LogP contribution >= 0.6 is 0 Å². The summed E-state index contributed by atoms with van der Waals surface area (Å²) in [4.78, 5) is 12.3. The van der Waals surface area contributed by atoms with Gasteiger partial charge in [-0.1, -0.05) is 19.8 Å². The van der Waals surface area contributed by atoms with Gasteiger partial charge in [0.05, 0.1) is 0 Å². The lowest BCUT2D eigenvalue weighted by molar-refractivity contribution is -0.123. The predicted molar refractivity (Wildman–Crippen MR) is 76.8 cm³/mol. The zero-order valence-electron chi connectivity index (χ0n) is 12.2. The van der Waals surface area contributed by atoms with E-state index >= 15 is 0 Å². The normalized spacial score (nSPS) is 37.0. The topological polar surface area (TPSA) is 41.1 Å². The van der Waals surface area contributed by atoms with Crippen molar-refractivity contribution < 1.29 is 4.79 Å². The molecule has 19 heavy (non-hydrogen) atoms. The number of amides is 1. The van der Waals surface area contributed by atoms with Gasteiger partial charge in [0.1, 0.15) is 0 Å². The molecule has 3 fully saturated rings. The van der Waals surface area contributed by atoms with Crippen molar-refractivity contribution in [2.24, 2.45) is 23.2 Å². The molecule has 2 N–H and O–H groups in total. The number of hydrogen-bond donors (Lipinski definition) is 2. The summed E-state index contributed by atoms with van der Waals surface area (Å²) in [6.45, 7) is 5.47. The standard InChI is InChI=1S/C16H28N2O/c1-12-3-2-4-13(9-12)11-18-15(19)14-10-16(14)5-7-17-8-6-16/h12-14,17H,2-11H2,1H3,(H,18,19). The van der Waals surface area contributed by atoms with Crippen LogP contribution in [0.5, 0.6) is 0 Å². The van der Waals surface area contributed by atoms with Crippen LogP contribution in [0.15, 0.2) is 0 Å². The van der Waals surface area contributed by atoms with Gasteiger partial charge in [0, 0.05) is 12.5 Å². The van der Waals surface area contributed by atoms with Crippen molar-refractivity contribution in [3.05, 3.63) is 0 Å². The van der Waals surface area contributed by atoms with Crippen molar-refractivity contribution >= 4 is 5.91 Å². The maximum absolute atomic E-state index is 12.3. The number of nitrogens with one attached hydrogen (secondary N) is 2. The fraction of sp³-hybridized carbons (Fsp3) is 0.938. The number of carbonyl (C=O) groups excluding carboxylic acids is 1. The van der Waals surface area contributed by atoms with Crippen molar-refractivity contribution in [2.45, 2.75) is 51.9 Å². The second kappa shape index (κ2) is 5.43. The second-order valence-electron chi connectivity index (χ2n) is 7.25. The largest absolute Gasteiger partial charge is 0.356 e. The van der Waals surface area contributed by atoms with Crippen molar-refractivity contribution in [1.29, 1.82) is 0 Å². The van der Waals surface area contributed by atoms with Crippen molar-refractivity contribution in [1.82, 2.24) is 10.6 Å². The summed E-state index contributed by atoms with van der Waals surface area (Å²) in [6, 6.07) is 0. The van der Waals surface area contributed by atoms with E-state index in [-0.39, 0.29) is 0 Å². The second-order valence-corrected chi connectivity index (χ2v) is 7.25. The summed E-state index contributed by atoms with van der Waals surface area (Å²) in [6.07, 6.45) is 8.88. The molecule has 1 amide bonds. The highest BCUT2D eigenvalue weighted by Crippen LogP contribution is 2.58. The molecule has 0 radical (unpaired) electrons. The third kappa shape index (κ3) is 2.96. The molecule has 3 heteroatoms. The molecule has 108 valence electrons. The summed E-state index contributed by atoms with van der Waals surface area (Å²) >= 11 is 0. The first kappa shape index (κ1) is 13.4. The smallest absolute Gasteiger partial charge is 0.223 e. The van der Waals surface area contributed by atoms with Gasteiger partial charge < -0.3 is 10.6 Å². The Morgan fingerprint density at radius 2 is 2.11 bits per heavy atom. The third-order valence-corrected chi connectivity index (χ3v) is 5.72. The predicted octanol–water partition coefficient (Wildman–Crippen LogP) is 2.32. The van der Waals surface area contributed by atoms with Crippen molar-refractivity contribution in [2.75, 3.05) is 19.6 Å². The van der Waals surface area contributed by atoms with Gasteiger partial charge in [0.25, 0.3) is 0 Å². The van der Waals surface area contributed by atoms with Gasteiger partial charge in [-0.2, -0.15) is 0 Å². The molecule has 1 heterocycles. The Labute approximate surface area is 116 Å². The Morgan fingerprint density at radius 3 is 2.84 bits per heavy atom. The first-order valence-corrected chi connectivity index (χ1v) is 8.18. The molecule has 0 bridgehead atoms. The molecule has 0 aromatic carbocycles. The SMILES string of the molecule is CC1CCCC(CNC(=O)C2CC23CCNCC3)C1. The maximum Gasteiger partial charge on any atom is 0.223 e. The molecule has 0 aromatic heterocycles. The zero-order valence-corrected chi connectivity index (χ0v) is 12.2. The fourth-order valence-corrected chi connectivity index (χ4v) is 4.31. The van der Waals surface area contributed by atoms with Crippen molar-refractivity contribution in [3.8, 4) is 0 Å². The summed E-state index contributed by atoms with van der Waals surface area (Å²) in [5.74, 6) is 2.26. The number of carbonyl (C=O) groups is 1. The van der Waals surface area contributed by atoms with Crippen LogP contribution in [0.25, 0.3) is 0 Å². The molecule has 2 aliphatic carbocycles. The molecule has 3 nitrogen and oxygen atoms in total. The van der Waals surface area contributed by atoms with Gasteiger partial charge in [-0.25, -0.2) is 0 Å². The van der Waals surface area contributed by atoms with E-state index in [1.165, 1.54) is 38.5 Å². The van der Waals surface area contributed by atoms with Gasteiger partial charge in [-0.05, 0) is 62.4 Å². The summed E-state index contributed by atoms with van der Waals surface area (Å²) < 4.78 is 0. The number of rotatable bonds is 3. The van der Waals surface area contributed by atoms with Crippen LogP contribution in [0.4, 0.5) is 0 Å².